The second-order valence-electron chi connectivity index (χ2n) is 10.7. The highest BCUT2D eigenvalue weighted by molar-refractivity contribution is 6.08. The van der Waals surface area contributed by atoms with E-state index in [4.69, 9.17) is 9.72 Å². The second-order valence-corrected chi connectivity index (χ2v) is 10.7. The third kappa shape index (κ3) is 7.57. The molecule has 4 rings (SSSR count). The number of ketones is 2. The molecule has 0 bridgehead atoms. The third-order valence-corrected chi connectivity index (χ3v) is 7.26. The molecule has 2 atom stereocenters. The molecular formula is C34H37N3O5. The predicted molar refractivity (Wildman–Crippen MR) is 166 cm³/mol. The summed E-state index contributed by atoms with van der Waals surface area (Å²) < 4.78 is 5.62. The molecule has 218 valence electrons. The summed E-state index contributed by atoms with van der Waals surface area (Å²) in [5.74, 6) is -1.76. The third-order valence-electron chi connectivity index (χ3n) is 7.26. The number of nitrogens with zero attached hydrogens (tertiary/aromatic N) is 1. The van der Waals surface area contributed by atoms with Gasteiger partial charge in [-0.2, -0.15) is 0 Å². The number of para-hydroxylation sites is 2. The fourth-order valence-corrected chi connectivity index (χ4v) is 5.07. The van der Waals surface area contributed by atoms with Gasteiger partial charge in [-0.05, 0) is 62.6 Å². The van der Waals surface area contributed by atoms with Gasteiger partial charge in [0.25, 0.3) is 0 Å². The SMILES string of the molecule is CCC(CC(C)=O)C(=O)Nc1cc(COC(=O)C(CC)CC(C)=O)cc(Nc2c3ccccc3nc3ccccc23)c1. The van der Waals surface area contributed by atoms with Gasteiger partial charge in [-0.3, -0.25) is 9.59 Å². The van der Waals surface area contributed by atoms with E-state index in [0.29, 0.717) is 29.8 Å². The van der Waals surface area contributed by atoms with Gasteiger partial charge in [-0.25, -0.2) is 4.98 Å². The number of rotatable bonds is 13. The smallest absolute Gasteiger partial charge is 0.309 e. The zero-order chi connectivity index (χ0) is 30.2. The maximum Gasteiger partial charge on any atom is 0.309 e. The normalized spacial score (nSPS) is 12.5. The Kier molecular flexibility index (Phi) is 10.0. The first-order valence-electron chi connectivity index (χ1n) is 14.3. The minimum Gasteiger partial charge on any atom is -0.461 e. The van der Waals surface area contributed by atoms with E-state index in [0.717, 1.165) is 27.5 Å². The first-order chi connectivity index (χ1) is 20.2. The van der Waals surface area contributed by atoms with Crippen LogP contribution in [0.2, 0.25) is 0 Å². The number of Topliss-reactive ketones (excluding diaryl/α,β-unsaturated/α-hetero) is 2. The lowest BCUT2D eigenvalue weighted by molar-refractivity contribution is -0.151. The van der Waals surface area contributed by atoms with Gasteiger partial charge in [-0.15, -0.1) is 0 Å². The fraction of sp³-hybridized carbons (Fsp3) is 0.324. The molecule has 2 unspecified atom stereocenters. The maximum absolute atomic E-state index is 13.1. The molecule has 1 amide bonds. The number of fused-ring (bicyclic) bond motifs is 2. The van der Waals surface area contributed by atoms with Crippen LogP contribution in [-0.4, -0.2) is 28.4 Å². The minimum atomic E-state index is -0.505. The van der Waals surface area contributed by atoms with Crippen molar-refractivity contribution < 1.29 is 23.9 Å². The number of anilines is 3. The van der Waals surface area contributed by atoms with E-state index in [-0.39, 0.29) is 36.9 Å². The standard InChI is InChI=1S/C34H37N3O5/c1-5-24(15-21(3)38)33(40)36-27-18-23(20-42-34(41)25(6-2)16-22(4)39)17-26(19-27)35-32-28-11-7-9-13-30(28)37-31-14-10-8-12-29(31)32/h7-14,17-19,24-25H,5-6,15-16,20H2,1-4H3,(H,35,37)(H,36,40). The molecule has 0 aliphatic heterocycles. The molecular weight excluding hydrogens is 530 g/mol. The number of hydrogen-bond acceptors (Lipinski definition) is 7. The van der Waals surface area contributed by atoms with Crippen LogP contribution in [0.15, 0.2) is 66.7 Å². The highest BCUT2D eigenvalue weighted by Crippen LogP contribution is 2.34. The van der Waals surface area contributed by atoms with Gasteiger partial charge in [0, 0.05) is 40.9 Å². The highest BCUT2D eigenvalue weighted by atomic mass is 16.5. The van der Waals surface area contributed by atoms with Crippen LogP contribution in [0.25, 0.3) is 21.8 Å². The number of hydrogen-bond donors (Lipinski definition) is 2. The van der Waals surface area contributed by atoms with Crippen molar-refractivity contribution >= 4 is 62.3 Å². The fourth-order valence-electron chi connectivity index (χ4n) is 5.07. The summed E-state index contributed by atoms with van der Waals surface area (Å²) in [6, 6.07) is 21.1. The summed E-state index contributed by atoms with van der Waals surface area (Å²) in [5.41, 5.74) is 4.38. The van der Waals surface area contributed by atoms with Crippen LogP contribution in [0.3, 0.4) is 0 Å². The van der Waals surface area contributed by atoms with E-state index in [2.05, 4.69) is 10.6 Å². The van der Waals surface area contributed by atoms with Crippen LogP contribution in [0.1, 0.15) is 58.9 Å². The summed E-state index contributed by atoms with van der Waals surface area (Å²) in [5, 5.41) is 8.36. The van der Waals surface area contributed by atoms with Crippen LogP contribution < -0.4 is 10.6 Å². The van der Waals surface area contributed by atoms with Crippen LogP contribution >= 0.6 is 0 Å². The number of nitrogens with one attached hydrogen (secondary N) is 2. The zero-order valence-corrected chi connectivity index (χ0v) is 24.5. The van der Waals surface area contributed by atoms with Crippen LogP contribution in [0.5, 0.6) is 0 Å². The molecule has 0 spiro atoms. The van der Waals surface area contributed by atoms with Crippen molar-refractivity contribution in [2.75, 3.05) is 10.6 Å². The summed E-state index contributed by atoms with van der Waals surface area (Å²) in [6.45, 7) is 6.63. The molecule has 0 saturated heterocycles. The first-order valence-corrected chi connectivity index (χ1v) is 14.3. The number of carbonyl (C=O) groups excluding carboxylic acids is 4. The minimum absolute atomic E-state index is 0.0336. The van der Waals surface area contributed by atoms with Crippen molar-refractivity contribution in [1.29, 1.82) is 0 Å². The molecule has 0 saturated carbocycles. The Labute approximate surface area is 245 Å². The van der Waals surface area contributed by atoms with E-state index in [1.165, 1.54) is 13.8 Å². The molecule has 0 fully saturated rings. The average Bonchev–Trinajstić information content (AvgIpc) is 2.97. The van der Waals surface area contributed by atoms with Gasteiger partial charge >= 0.3 is 5.97 Å². The van der Waals surface area contributed by atoms with Crippen LogP contribution in [0, 0.1) is 11.8 Å². The molecule has 0 aliphatic carbocycles. The molecule has 8 nitrogen and oxygen atoms in total. The molecule has 8 heteroatoms. The van der Waals surface area contributed by atoms with E-state index in [1.54, 1.807) is 6.07 Å². The van der Waals surface area contributed by atoms with E-state index >= 15 is 0 Å². The van der Waals surface area contributed by atoms with Crippen molar-refractivity contribution in [3.8, 4) is 0 Å². The number of carbonyl (C=O) groups is 4. The molecule has 1 heterocycles. The monoisotopic (exact) mass is 567 g/mol. The lowest BCUT2D eigenvalue weighted by Crippen LogP contribution is -2.24. The van der Waals surface area contributed by atoms with Crippen molar-refractivity contribution in [2.24, 2.45) is 11.8 Å². The highest BCUT2D eigenvalue weighted by Gasteiger charge is 2.21. The van der Waals surface area contributed by atoms with Gasteiger partial charge in [0.15, 0.2) is 0 Å². The number of aromatic nitrogens is 1. The first kappa shape index (κ1) is 30.4. The Morgan fingerprint density at radius 3 is 1.88 bits per heavy atom. The van der Waals surface area contributed by atoms with Gasteiger partial charge in [0.1, 0.15) is 18.2 Å². The summed E-state index contributed by atoms with van der Waals surface area (Å²) in [7, 11) is 0. The molecule has 3 aromatic carbocycles. The predicted octanol–water partition coefficient (Wildman–Crippen LogP) is 7.12. The van der Waals surface area contributed by atoms with Crippen molar-refractivity contribution in [3.05, 3.63) is 72.3 Å². The van der Waals surface area contributed by atoms with Gasteiger partial charge in [0.05, 0.1) is 22.6 Å². The summed E-state index contributed by atoms with van der Waals surface area (Å²) in [4.78, 5) is 54.0. The zero-order valence-electron chi connectivity index (χ0n) is 24.5. The summed E-state index contributed by atoms with van der Waals surface area (Å²) in [6.07, 6.45) is 1.32. The molecule has 2 N–H and O–H groups in total. The van der Waals surface area contributed by atoms with Gasteiger partial charge in [-0.1, -0.05) is 50.2 Å². The quantitative estimate of drug-likeness (QED) is 0.131. The van der Waals surface area contributed by atoms with E-state index in [1.807, 2.05) is 74.5 Å². The summed E-state index contributed by atoms with van der Waals surface area (Å²) >= 11 is 0. The molecule has 42 heavy (non-hydrogen) atoms. The Morgan fingerprint density at radius 1 is 0.762 bits per heavy atom. The Hall–Kier alpha value is -4.59. The molecule has 1 aromatic heterocycles. The van der Waals surface area contributed by atoms with Gasteiger partial charge in [0.2, 0.25) is 5.91 Å². The largest absolute Gasteiger partial charge is 0.461 e. The average molecular weight is 568 g/mol. The number of pyridine rings is 1. The Balaban J connectivity index is 1.71. The topological polar surface area (TPSA) is 114 Å². The number of esters is 1. The van der Waals surface area contributed by atoms with E-state index < -0.39 is 17.8 Å². The lowest BCUT2D eigenvalue weighted by Gasteiger charge is -2.18. The maximum atomic E-state index is 13.1. The number of amides is 1. The van der Waals surface area contributed by atoms with Gasteiger partial charge < -0.3 is 25.0 Å². The molecule has 4 aromatic rings. The Morgan fingerprint density at radius 2 is 1.31 bits per heavy atom. The second kappa shape index (κ2) is 13.9. The number of ether oxygens (including phenoxy) is 1. The molecule has 0 aliphatic rings. The van der Waals surface area contributed by atoms with E-state index in [9.17, 15) is 19.2 Å². The Bertz CT molecular complexity index is 1580. The van der Waals surface area contributed by atoms with Crippen LogP contribution in [-0.2, 0) is 30.5 Å². The van der Waals surface area contributed by atoms with Crippen LogP contribution in [0.4, 0.5) is 17.1 Å². The van der Waals surface area contributed by atoms with Crippen molar-refractivity contribution in [2.45, 2.75) is 60.0 Å². The molecule has 0 radical (unpaired) electrons. The number of benzene rings is 3. The van der Waals surface area contributed by atoms with Crippen molar-refractivity contribution in [3.63, 3.8) is 0 Å². The lowest BCUT2D eigenvalue weighted by atomic mass is 9.99. The van der Waals surface area contributed by atoms with Crippen molar-refractivity contribution in [1.82, 2.24) is 4.98 Å².